The average molecular weight is 288 g/mol. The van der Waals surface area contributed by atoms with Crippen LogP contribution in [0.5, 0.6) is 0 Å². The second-order valence-corrected chi connectivity index (χ2v) is 7.37. The largest absolute Gasteiger partial charge is 0.399 e. The van der Waals surface area contributed by atoms with Crippen LogP contribution in [-0.2, 0) is 11.3 Å². The molecular formula is C18H28N2O. The van der Waals surface area contributed by atoms with Gasteiger partial charge in [-0.1, -0.05) is 32.9 Å². The molecule has 0 bridgehead atoms. The number of carbonyl (C=O) groups excluding carboxylic acids is 1. The number of hydrogen-bond acceptors (Lipinski definition) is 2. The lowest BCUT2D eigenvalue weighted by atomic mass is 9.69. The highest BCUT2D eigenvalue weighted by Crippen LogP contribution is 2.39. The topological polar surface area (TPSA) is 55.1 Å². The molecule has 1 aromatic carbocycles. The van der Waals surface area contributed by atoms with Crippen LogP contribution < -0.4 is 11.1 Å². The first-order chi connectivity index (χ1) is 9.86. The molecule has 0 aliphatic heterocycles. The minimum absolute atomic E-state index is 0.192. The molecule has 0 radical (unpaired) electrons. The summed E-state index contributed by atoms with van der Waals surface area (Å²) in [6, 6.07) is 7.67. The molecule has 0 heterocycles. The van der Waals surface area contributed by atoms with E-state index in [0.717, 1.165) is 30.0 Å². The van der Waals surface area contributed by atoms with Gasteiger partial charge in [0.1, 0.15) is 0 Å². The number of carbonyl (C=O) groups is 1. The number of anilines is 1. The van der Waals surface area contributed by atoms with Gasteiger partial charge < -0.3 is 11.1 Å². The molecule has 0 saturated heterocycles. The Morgan fingerprint density at radius 2 is 1.71 bits per heavy atom. The third kappa shape index (κ3) is 4.48. The average Bonchev–Trinajstić information content (AvgIpc) is 2.45. The van der Waals surface area contributed by atoms with E-state index in [1.54, 1.807) is 0 Å². The molecule has 1 aliphatic rings. The molecule has 1 amide bonds. The Labute approximate surface area is 128 Å². The fraction of sp³-hybridized carbons (Fsp3) is 0.611. The van der Waals surface area contributed by atoms with Gasteiger partial charge in [0.2, 0.25) is 5.91 Å². The van der Waals surface area contributed by atoms with E-state index in [2.05, 4.69) is 26.1 Å². The molecule has 21 heavy (non-hydrogen) atoms. The summed E-state index contributed by atoms with van der Waals surface area (Å²) in [5.41, 5.74) is 7.88. The maximum Gasteiger partial charge on any atom is 0.223 e. The van der Waals surface area contributed by atoms with Gasteiger partial charge in [-0.2, -0.15) is 0 Å². The second-order valence-electron chi connectivity index (χ2n) is 7.37. The summed E-state index contributed by atoms with van der Waals surface area (Å²) in [4.78, 5) is 12.3. The van der Waals surface area contributed by atoms with Crippen molar-refractivity contribution in [3.63, 3.8) is 0 Å². The first kappa shape index (κ1) is 15.9. The molecule has 3 heteroatoms. The lowest BCUT2D eigenvalue weighted by Crippen LogP contribution is -2.35. The first-order valence-corrected chi connectivity index (χ1v) is 7.98. The van der Waals surface area contributed by atoms with E-state index in [-0.39, 0.29) is 11.8 Å². The Bertz CT molecular complexity index is 465. The van der Waals surface area contributed by atoms with Crippen LogP contribution in [-0.4, -0.2) is 5.91 Å². The van der Waals surface area contributed by atoms with Gasteiger partial charge in [0.15, 0.2) is 0 Å². The molecule has 1 aliphatic carbocycles. The quantitative estimate of drug-likeness (QED) is 0.833. The van der Waals surface area contributed by atoms with E-state index in [1.807, 2.05) is 24.3 Å². The normalized spacial score (nSPS) is 22.8. The highest BCUT2D eigenvalue weighted by atomic mass is 16.1. The van der Waals surface area contributed by atoms with Crippen LogP contribution in [0.4, 0.5) is 5.69 Å². The van der Waals surface area contributed by atoms with Gasteiger partial charge >= 0.3 is 0 Å². The Hall–Kier alpha value is -1.51. The van der Waals surface area contributed by atoms with Crippen LogP contribution in [0.3, 0.4) is 0 Å². The molecule has 1 fully saturated rings. The number of hydrogen-bond donors (Lipinski definition) is 2. The zero-order valence-corrected chi connectivity index (χ0v) is 13.5. The maximum absolute atomic E-state index is 12.3. The smallest absolute Gasteiger partial charge is 0.223 e. The number of rotatable bonds is 3. The minimum Gasteiger partial charge on any atom is -0.399 e. The van der Waals surface area contributed by atoms with Crippen LogP contribution in [0.25, 0.3) is 0 Å². The van der Waals surface area contributed by atoms with Crippen molar-refractivity contribution in [3.8, 4) is 0 Å². The summed E-state index contributed by atoms with van der Waals surface area (Å²) >= 11 is 0. The van der Waals surface area contributed by atoms with E-state index in [9.17, 15) is 4.79 Å². The third-order valence-electron chi connectivity index (χ3n) is 4.77. The Morgan fingerprint density at radius 1 is 1.14 bits per heavy atom. The monoisotopic (exact) mass is 288 g/mol. The van der Waals surface area contributed by atoms with Crippen molar-refractivity contribution >= 4 is 11.6 Å². The molecule has 1 aromatic rings. The van der Waals surface area contributed by atoms with Crippen molar-refractivity contribution in [2.45, 2.75) is 53.0 Å². The van der Waals surface area contributed by atoms with Gasteiger partial charge in [-0.25, -0.2) is 0 Å². The van der Waals surface area contributed by atoms with E-state index < -0.39 is 0 Å². The Morgan fingerprint density at radius 3 is 2.24 bits per heavy atom. The molecule has 0 aromatic heterocycles. The van der Waals surface area contributed by atoms with Crippen molar-refractivity contribution < 1.29 is 4.79 Å². The summed E-state index contributed by atoms with van der Waals surface area (Å²) < 4.78 is 0. The Balaban J connectivity index is 1.78. The maximum atomic E-state index is 12.3. The summed E-state index contributed by atoms with van der Waals surface area (Å²) in [6.07, 6.45) is 4.39. The van der Waals surface area contributed by atoms with Crippen molar-refractivity contribution in [1.29, 1.82) is 0 Å². The molecule has 116 valence electrons. The SMILES string of the molecule is CC(C)(C)C1CCC(C(=O)NCc2ccc(N)cc2)CC1. The van der Waals surface area contributed by atoms with Crippen molar-refractivity contribution in [2.24, 2.45) is 17.3 Å². The molecule has 0 spiro atoms. The van der Waals surface area contributed by atoms with Crippen LogP contribution in [0.1, 0.15) is 52.0 Å². The van der Waals surface area contributed by atoms with Gasteiger partial charge in [-0.15, -0.1) is 0 Å². The molecule has 2 rings (SSSR count). The lowest BCUT2D eigenvalue weighted by molar-refractivity contribution is -0.126. The Kier molecular flexibility index (Phi) is 4.92. The van der Waals surface area contributed by atoms with E-state index >= 15 is 0 Å². The fourth-order valence-corrected chi connectivity index (χ4v) is 3.19. The number of benzene rings is 1. The van der Waals surface area contributed by atoms with Crippen LogP contribution in [0, 0.1) is 17.3 Å². The predicted molar refractivity (Wildman–Crippen MR) is 87.6 cm³/mol. The molecular weight excluding hydrogens is 260 g/mol. The molecule has 3 nitrogen and oxygen atoms in total. The number of amides is 1. The number of nitrogen functional groups attached to an aromatic ring is 1. The molecule has 0 unspecified atom stereocenters. The van der Waals surface area contributed by atoms with E-state index in [0.29, 0.717) is 12.0 Å². The molecule has 1 saturated carbocycles. The standard InChI is InChI=1S/C18H28N2O/c1-18(2,3)15-8-6-14(7-9-15)17(21)20-12-13-4-10-16(19)11-5-13/h4-5,10-11,14-15H,6-9,12,19H2,1-3H3,(H,20,21). The number of nitrogens with two attached hydrogens (primary N) is 1. The first-order valence-electron chi connectivity index (χ1n) is 7.98. The summed E-state index contributed by atoms with van der Waals surface area (Å²) in [6.45, 7) is 7.51. The van der Waals surface area contributed by atoms with Crippen molar-refractivity contribution in [3.05, 3.63) is 29.8 Å². The summed E-state index contributed by atoms with van der Waals surface area (Å²) in [5.74, 6) is 1.15. The van der Waals surface area contributed by atoms with Gasteiger partial charge in [0.25, 0.3) is 0 Å². The predicted octanol–water partition coefficient (Wildman–Crippen LogP) is 3.74. The molecule has 3 N–H and O–H groups in total. The minimum atomic E-state index is 0.192. The van der Waals surface area contributed by atoms with Gasteiger partial charge in [-0.05, 0) is 54.7 Å². The summed E-state index contributed by atoms with van der Waals surface area (Å²) in [5, 5.41) is 3.06. The highest BCUT2D eigenvalue weighted by Gasteiger charge is 2.32. The van der Waals surface area contributed by atoms with E-state index in [4.69, 9.17) is 5.73 Å². The van der Waals surface area contributed by atoms with E-state index in [1.165, 1.54) is 12.8 Å². The lowest BCUT2D eigenvalue weighted by Gasteiger charge is -2.36. The zero-order chi connectivity index (χ0) is 15.5. The van der Waals surface area contributed by atoms with Crippen molar-refractivity contribution in [1.82, 2.24) is 5.32 Å². The fourth-order valence-electron chi connectivity index (χ4n) is 3.19. The van der Waals surface area contributed by atoms with Crippen molar-refractivity contribution in [2.75, 3.05) is 5.73 Å². The second kappa shape index (κ2) is 6.50. The highest BCUT2D eigenvalue weighted by molar-refractivity contribution is 5.78. The number of nitrogens with one attached hydrogen (secondary N) is 1. The summed E-state index contributed by atoms with van der Waals surface area (Å²) in [7, 11) is 0. The molecule has 0 atom stereocenters. The van der Waals surface area contributed by atoms with Gasteiger partial charge in [0.05, 0.1) is 0 Å². The van der Waals surface area contributed by atoms with Gasteiger partial charge in [0, 0.05) is 18.2 Å². The van der Waals surface area contributed by atoms with Crippen LogP contribution >= 0.6 is 0 Å². The van der Waals surface area contributed by atoms with Gasteiger partial charge in [-0.3, -0.25) is 4.79 Å². The van der Waals surface area contributed by atoms with Crippen LogP contribution in [0.2, 0.25) is 0 Å². The zero-order valence-electron chi connectivity index (χ0n) is 13.5. The van der Waals surface area contributed by atoms with Crippen LogP contribution in [0.15, 0.2) is 24.3 Å². The third-order valence-corrected chi connectivity index (χ3v) is 4.77.